The van der Waals surface area contributed by atoms with Gasteiger partial charge in [-0.05, 0) is 23.8 Å². The molecular weight excluding hydrogens is 324 g/mol. The Hall–Kier alpha value is -3.07. The van der Waals surface area contributed by atoms with Gasteiger partial charge in [0, 0.05) is 0 Å². The lowest BCUT2D eigenvalue weighted by Gasteiger charge is -2.17. The fourth-order valence-electron chi connectivity index (χ4n) is 1.81. The Morgan fingerprint density at radius 1 is 1.12 bits per heavy atom. The third-order valence-corrected chi connectivity index (χ3v) is 3.10. The van der Waals surface area contributed by atoms with Crippen LogP contribution in [0.2, 0.25) is 0 Å². The molecule has 0 amide bonds. The monoisotopic (exact) mass is 340 g/mol. The molecule has 1 aromatic rings. The number of carboxylic acid groups (broad SMARTS) is 2. The Kier molecular flexibility index (Phi) is 5.90. The van der Waals surface area contributed by atoms with E-state index in [0.29, 0.717) is 0 Å². The third kappa shape index (κ3) is 4.02. The van der Waals surface area contributed by atoms with E-state index in [4.69, 9.17) is 19.7 Å². The van der Waals surface area contributed by atoms with Crippen molar-refractivity contribution in [2.75, 3.05) is 14.2 Å². The summed E-state index contributed by atoms with van der Waals surface area (Å²) in [6.07, 6.45) is 0.568. The Morgan fingerprint density at radius 2 is 1.62 bits per heavy atom. The molecule has 1 aromatic carbocycles. The summed E-state index contributed by atoms with van der Waals surface area (Å²) in [4.78, 5) is 33.6. The van der Waals surface area contributed by atoms with Crippen molar-refractivity contribution in [3.63, 3.8) is 0 Å². The zero-order valence-electron chi connectivity index (χ0n) is 12.8. The molecule has 0 aromatic heterocycles. The van der Waals surface area contributed by atoms with Crippen molar-refractivity contribution in [2.45, 2.75) is 12.0 Å². The molecule has 0 saturated carbocycles. The van der Waals surface area contributed by atoms with Gasteiger partial charge in [0.1, 0.15) is 0 Å². The molecule has 0 bridgehead atoms. The first kappa shape index (κ1) is 19.0. The topological polar surface area (TPSA) is 151 Å². The molecule has 130 valence electrons. The van der Waals surface area contributed by atoms with Crippen LogP contribution in [0.5, 0.6) is 17.2 Å². The van der Waals surface area contributed by atoms with Gasteiger partial charge in [0.25, 0.3) is 0 Å². The minimum absolute atomic E-state index is 0.0421. The summed E-state index contributed by atoms with van der Waals surface area (Å²) in [6.45, 7) is 0. The maximum absolute atomic E-state index is 11.9. The predicted molar refractivity (Wildman–Crippen MR) is 80.1 cm³/mol. The van der Waals surface area contributed by atoms with Gasteiger partial charge in [0.15, 0.2) is 17.3 Å². The smallest absolute Gasteiger partial charge is 0.344 e. The number of phenolic OH excluding ortho intramolecular Hbond substituents is 1. The third-order valence-electron chi connectivity index (χ3n) is 3.10. The van der Waals surface area contributed by atoms with E-state index in [9.17, 15) is 24.6 Å². The zero-order valence-corrected chi connectivity index (χ0v) is 12.8. The highest BCUT2D eigenvalue weighted by molar-refractivity contribution is 6.14. The van der Waals surface area contributed by atoms with Crippen LogP contribution in [0.3, 0.4) is 0 Å². The number of carboxylic acids is 2. The average molecular weight is 340 g/mol. The van der Waals surface area contributed by atoms with Crippen molar-refractivity contribution in [1.82, 2.24) is 0 Å². The summed E-state index contributed by atoms with van der Waals surface area (Å²) in [5.74, 6) is -5.11. The van der Waals surface area contributed by atoms with Crippen LogP contribution in [0.4, 0.5) is 0 Å². The molecule has 0 aliphatic carbocycles. The number of rotatable bonds is 8. The van der Waals surface area contributed by atoms with E-state index < -0.39 is 29.7 Å². The van der Waals surface area contributed by atoms with Crippen molar-refractivity contribution < 1.29 is 44.3 Å². The summed E-state index contributed by atoms with van der Waals surface area (Å²) in [6, 6.07) is 2.66. The van der Waals surface area contributed by atoms with Gasteiger partial charge in [-0.25, -0.2) is 4.79 Å². The normalized spacial score (nSPS) is 13.3. The highest BCUT2D eigenvalue weighted by Crippen LogP contribution is 2.37. The number of carbonyl (C=O) groups is 3. The number of methoxy groups -OCH3 is 2. The van der Waals surface area contributed by atoms with E-state index in [-0.39, 0.29) is 22.8 Å². The van der Waals surface area contributed by atoms with Crippen molar-refractivity contribution >= 4 is 23.8 Å². The van der Waals surface area contributed by atoms with Gasteiger partial charge < -0.3 is 29.9 Å². The molecule has 24 heavy (non-hydrogen) atoms. The molecule has 1 atom stereocenters. The number of hydrogen-bond acceptors (Lipinski definition) is 7. The lowest BCUT2D eigenvalue weighted by molar-refractivity contribution is -0.169. The molecule has 0 radical (unpaired) electrons. The summed E-state index contributed by atoms with van der Waals surface area (Å²) in [7, 11) is 2.59. The molecule has 0 heterocycles. The van der Waals surface area contributed by atoms with Crippen LogP contribution < -0.4 is 9.47 Å². The second-order valence-corrected chi connectivity index (χ2v) is 4.71. The maximum Gasteiger partial charge on any atom is 0.344 e. The highest BCUT2D eigenvalue weighted by Gasteiger charge is 2.44. The van der Waals surface area contributed by atoms with Gasteiger partial charge >= 0.3 is 11.9 Å². The maximum atomic E-state index is 11.9. The molecule has 0 fully saturated rings. The van der Waals surface area contributed by atoms with Gasteiger partial charge in [-0.1, -0.05) is 6.08 Å². The average Bonchev–Trinajstić information content (AvgIpc) is 2.52. The standard InChI is InChI=1S/C15H16O9/c1-23-9-5-8(6-10(24-2)13(9)19)3-4-11(16)15(22,14(20)21)7-12(17)18/h3-6,19,22H,7H2,1-2H3,(H,17,18)(H,20,21)/b4-3+/t15-/m0/s1. The van der Waals surface area contributed by atoms with E-state index >= 15 is 0 Å². The molecule has 9 heteroatoms. The minimum Gasteiger partial charge on any atom is -0.502 e. The van der Waals surface area contributed by atoms with Gasteiger partial charge in [0.2, 0.25) is 11.4 Å². The van der Waals surface area contributed by atoms with Crippen LogP contribution in [0.15, 0.2) is 18.2 Å². The SMILES string of the molecule is COc1cc(/C=C/C(=O)[C@@](O)(CC(=O)O)C(=O)O)cc(OC)c1O. The molecule has 0 aliphatic heterocycles. The largest absolute Gasteiger partial charge is 0.502 e. The molecule has 9 nitrogen and oxygen atoms in total. The van der Waals surface area contributed by atoms with Gasteiger partial charge in [0.05, 0.1) is 20.6 Å². The first-order chi connectivity index (χ1) is 11.2. The fourth-order valence-corrected chi connectivity index (χ4v) is 1.81. The molecule has 0 spiro atoms. The number of aliphatic carboxylic acids is 2. The quantitative estimate of drug-likeness (QED) is 0.386. The molecule has 0 unspecified atom stereocenters. The van der Waals surface area contributed by atoms with Crippen LogP contribution in [0.1, 0.15) is 12.0 Å². The van der Waals surface area contributed by atoms with Crippen LogP contribution in [-0.2, 0) is 14.4 Å². The first-order valence-electron chi connectivity index (χ1n) is 6.50. The number of aliphatic hydroxyl groups is 1. The van der Waals surface area contributed by atoms with Crippen molar-refractivity contribution in [3.05, 3.63) is 23.8 Å². The van der Waals surface area contributed by atoms with E-state index in [1.807, 2.05) is 0 Å². The molecule has 1 rings (SSSR count). The number of ether oxygens (including phenoxy) is 2. The number of hydrogen-bond donors (Lipinski definition) is 4. The van der Waals surface area contributed by atoms with Crippen LogP contribution in [0.25, 0.3) is 6.08 Å². The highest BCUT2D eigenvalue weighted by atomic mass is 16.5. The Morgan fingerprint density at radius 3 is 2.00 bits per heavy atom. The van der Waals surface area contributed by atoms with Gasteiger partial charge in [-0.2, -0.15) is 0 Å². The predicted octanol–water partition coefficient (Wildman–Crippen LogP) is 0.282. The number of carbonyl (C=O) groups excluding carboxylic acids is 1. The summed E-state index contributed by atoms with van der Waals surface area (Å²) >= 11 is 0. The van der Waals surface area contributed by atoms with Crippen LogP contribution in [-0.4, -0.2) is 58.0 Å². The van der Waals surface area contributed by atoms with Gasteiger partial charge in [-0.15, -0.1) is 0 Å². The van der Waals surface area contributed by atoms with Crippen LogP contribution >= 0.6 is 0 Å². The van der Waals surface area contributed by atoms with E-state index in [2.05, 4.69) is 0 Å². The van der Waals surface area contributed by atoms with Gasteiger partial charge in [-0.3, -0.25) is 9.59 Å². The van der Waals surface area contributed by atoms with Crippen molar-refractivity contribution in [1.29, 1.82) is 0 Å². The zero-order chi connectivity index (χ0) is 18.5. The molecular formula is C15H16O9. The molecule has 0 saturated heterocycles. The lowest BCUT2D eigenvalue weighted by Crippen LogP contribution is -2.47. The minimum atomic E-state index is -3.08. The van der Waals surface area contributed by atoms with E-state index in [1.54, 1.807) is 0 Å². The lowest BCUT2D eigenvalue weighted by atomic mass is 9.93. The second-order valence-electron chi connectivity index (χ2n) is 4.71. The van der Waals surface area contributed by atoms with Crippen molar-refractivity contribution in [2.24, 2.45) is 0 Å². The summed E-state index contributed by atoms with van der Waals surface area (Å²) in [5.41, 5.74) is -2.79. The number of phenols is 1. The summed E-state index contributed by atoms with van der Waals surface area (Å²) in [5, 5.41) is 37.1. The van der Waals surface area contributed by atoms with E-state index in [0.717, 1.165) is 12.2 Å². The number of aromatic hydroxyl groups is 1. The van der Waals surface area contributed by atoms with Crippen LogP contribution in [0, 0.1) is 0 Å². The number of benzene rings is 1. The summed E-state index contributed by atoms with van der Waals surface area (Å²) < 4.78 is 9.85. The van der Waals surface area contributed by atoms with E-state index in [1.165, 1.54) is 26.4 Å². The van der Waals surface area contributed by atoms with Crippen molar-refractivity contribution in [3.8, 4) is 17.2 Å². The second kappa shape index (κ2) is 7.47. The Labute approximate surface area is 136 Å². The number of ketones is 1. The Balaban J connectivity index is 3.17. The first-order valence-corrected chi connectivity index (χ1v) is 6.50. The Bertz CT molecular complexity index is 667. The molecule has 4 N–H and O–H groups in total. The molecule has 0 aliphatic rings. The fraction of sp³-hybridized carbons (Fsp3) is 0.267.